The Bertz CT molecular complexity index is 355. The molecule has 0 saturated heterocycles. The molecule has 0 spiro atoms. The topological polar surface area (TPSA) is 37.8 Å². The maximum absolute atomic E-state index is 6.08. The smallest absolute Gasteiger partial charge is 0.137 e. The average Bonchev–Trinajstić information content (AvgIpc) is 2.24. The molecular formula is C11H18ClN3S. The van der Waals surface area contributed by atoms with Crippen molar-refractivity contribution in [1.29, 1.82) is 0 Å². The molecule has 1 aromatic heterocycles. The van der Waals surface area contributed by atoms with Crippen LogP contribution in [0.3, 0.4) is 0 Å². The normalized spacial score (nSPS) is 10.9. The molecule has 0 fully saturated rings. The molecule has 3 nitrogen and oxygen atoms in total. The van der Waals surface area contributed by atoms with Gasteiger partial charge in [0.2, 0.25) is 0 Å². The first-order chi connectivity index (χ1) is 7.56. The van der Waals surface area contributed by atoms with Gasteiger partial charge in [-0.05, 0) is 13.2 Å². The van der Waals surface area contributed by atoms with E-state index in [1.165, 1.54) is 0 Å². The lowest BCUT2D eigenvalue weighted by Gasteiger charge is -2.12. The third-order valence-electron chi connectivity index (χ3n) is 2.22. The van der Waals surface area contributed by atoms with Crippen LogP contribution in [0.2, 0.25) is 5.15 Å². The van der Waals surface area contributed by atoms with Gasteiger partial charge in [-0.15, -0.1) is 0 Å². The fourth-order valence-electron chi connectivity index (χ4n) is 1.21. The van der Waals surface area contributed by atoms with Crippen LogP contribution in [-0.4, -0.2) is 28.5 Å². The first kappa shape index (κ1) is 13.6. The lowest BCUT2D eigenvalue weighted by atomic mass is 10.2. The minimum Gasteiger partial charge on any atom is -0.369 e. The van der Waals surface area contributed by atoms with Gasteiger partial charge in [0.1, 0.15) is 16.8 Å². The zero-order valence-electron chi connectivity index (χ0n) is 10.2. The molecular weight excluding hydrogens is 242 g/mol. The van der Waals surface area contributed by atoms with Gasteiger partial charge in [-0.1, -0.05) is 25.4 Å². The standard InChI is InChI=1S/C11H18ClN3S/c1-7(2)10-14-9(12)8(3)11(15-10)13-5-6-16-4/h7H,5-6H2,1-4H3,(H,13,14,15). The monoisotopic (exact) mass is 259 g/mol. The van der Waals surface area contributed by atoms with Gasteiger partial charge in [0, 0.05) is 23.8 Å². The third-order valence-corrected chi connectivity index (χ3v) is 3.20. The number of nitrogens with one attached hydrogen (secondary N) is 1. The van der Waals surface area contributed by atoms with Crippen molar-refractivity contribution in [3.63, 3.8) is 0 Å². The maximum Gasteiger partial charge on any atom is 0.137 e. The quantitative estimate of drug-likeness (QED) is 0.650. The van der Waals surface area contributed by atoms with Crippen molar-refractivity contribution in [3.05, 3.63) is 16.5 Å². The zero-order chi connectivity index (χ0) is 12.1. The van der Waals surface area contributed by atoms with Gasteiger partial charge >= 0.3 is 0 Å². The molecule has 0 radical (unpaired) electrons. The molecule has 5 heteroatoms. The van der Waals surface area contributed by atoms with Crippen molar-refractivity contribution < 1.29 is 0 Å². The van der Waals surface area contributed by atoms with Crippen molar-refractivity contribution in [1.82, 2.24) is 9.97 Å². The van der Waals surface area contributed by atoms with E-state index >= 15 is 0 Å². The second-order valence-electron chi connectivity index (χ2n) is 3.92. The summed E-state index contributed by atoms with van der Waals surface area (Å²) in [6.45, 7) is 6.96. The molecule has 0 aliphatic heterocycles. The van der Waals surface area contributed by atoms with Crippen LogP contribution in [0.4, 0.5) is 5.82 Å². The number of anilines is 1. The van der Waals surface area contributed by atoms with Gasteiger partial charge < -0.3 is 5.32 Å². The summed E-state index contributed by atoms with van der Waals surface area (Å²) in [7, 11) is 0. The fourth-order valence-corrected chi connectivity index (χ4v) is 1.69. The van der Waals surface area contributed by atoms with Gasteiger partial charge in [0.15, 0.2) is 0 Å². The van der Waals surface area contributed by atoms with Gasteiger partial charge in [-0.3, -0.25) is 0 Å². The highest BCUT2D eigenvalue weighted by molar-refractivity contribution is 7.98. The Kier molecular flexibility index (Phi) is 5.35. The van der Waals surface area contributed by atoms with Crippen LogP contribution < -0.4 is 5.32 Å². The summed E-state index contributed by atoms with van der Waals surface area (Å²) in [4.78, 5) is 8.76. The van der Waals surface area contributed by atoms with Crippen molar-refractivity contribution in [2.75, 3.05) is 23.9 Å². The van der Waals surface area contributed by atoms with Crippen LogP contribution in [0.15, 0.2) is 0 Å². The molecule has 0 unspecified atom stereocenters. The van der Waals surface area contributed by atoms with Gasteiger partial charge in [0.25, 0.3) is 0 Å². The zero-order valence-corrected chi connectivity index (χ0v) is 11.7. The number of rotatable bonds is 5. The van der Waals surface area contributed by atoms with E-state index in [9.17, 15) is 0 Å². The number of thioether (sulfide) groups is 1. The van der Waals surface area contributed by atoms with Crippen LogP contribution >= 0.6 is 23.4 Å². The van der Waals surface area contributed by atoms with E-state index in [0.717, 1.165) is 29.5 Å². The van der Waals surface area contributed by atoms with E-state index in [0.29, 0.717) is 11.1 Å². The number of halogens is 1. The van der Waals surface area contributed by atoms with E-state index in [-0.39, 0.29) is 0 Å². The number of hydrogen-bond donors (Lipinski definition) is 1. The van der Waals surface area contributed by atoms with E-state index in [1.54, 1.807) is 11.8 Å². The predicted octanol–water partition coefficient (Wildman–Crippen LogP) is 3.34. The van der Waals surface area contributed by atoms with Crippen molar-refractivity contribution in [2.45, 2.75) is 26.7 Å². The summed E-state index contributed by atoms with van der Waals surface area (Å²) in [5.74, 6) is 3.00. The predicted molar refractivity (Wildman–Crippen MR) is 72.7 cm³/mol. The Morgan fingerprint density at radius 1 is 1.38 bits per heavy atom. The summed E-state index contributed by atoms with van der Waals surface area (Å²) in [6, 6.07) is 0. The number of aromatic nitrogens is 2. The van der Waals surface area contributed by atoms with Gasteiger partial charge in [-0.25, -0.2) is 9.97 Å². The molecule has 0 bridgehead atoms. The van der Waals surface area contributed by atoms with E-state index < -0.39 is 0 Å². The minimum atomic E-state index is 0.291. The van der Waals surface area contributed by atoms with E-state index in [4.69, 9.17) is 11.6 Å². The van der Waals surface area contributed by atoms with Crippen LogP contribution in [0, 0.1) is 6.92 Å². The first-order valence-electron chi connectivity index (χ1n) is 5.33. The number of hydrogen-bond acceptors (Lipinski definition) is 4. The molecule has 0 saturated carbocycles. The van der Waals surface area contributed by atoms with Crippen molar-refractivity contribution in [2.24, 2.45) is 0 Å². The second kappa shape index (κ2) is 6.30. The summed E-state index contributed by atoms with van der Waals surface area (Å²) in [5.41, 5.74) is 0.923. The molecule has 0 aromatic carbocycles. The van der Waals surface area contributed by atoms with Gasteiger partial charge in [0.05, 0.1) is 0 Å². The van der Waals surface area contributed by atoms with Crippen LogP contribution in [0.5, 0.6) is 0 Å². The minimum absolute atomic E-state index is 0.291. The Hall–Kier alpha value is -0.480. The lowest BCUT2D eigenvalue weighted by molar-refractivity contribution is 0.772. The summed E-state index contributed by atoms with van der Waals surface area (Å²) >= 11 is 7.88. The Morgan fingerprint density at radius 3 is 2.62 bits per heavy atom. The largest absolute Gasteiger partial charge is 0.369 e. The Balaban J connectivity index is 2.88. The summed E-state index contributed by atoms with van der Waals surface area (Å²) in [6.07, 6.45) is 2.08. The van der Waals surface area contributed by atoms with E-state index in [1.807, 2.05) is 6.92 Å². The summed E-state index contributed by atoms with van der Waals surface area (Å²) in [5, 5.41) is 3.84. The lowest BCUT2D eigenvalue weighted by Crippen LogP contribution is -2.10. The molecule has 1 aromatic rings. The Morgan fingerprint density at radius 2 is 2.06 bits per heavy atom. The highest BCUT2D eigenvalue weighted by atomic mass is 35.5. The molecule has 1 heterocycles. The maximum atomic E-state index is 6.08. The van der Waals surface area contributed by atoms with Crippen molar-refractivity contribution in [3.8, 4) is 0 Å². The molecule has 0 amide bonds. The highest BCUT2D eigenvalue weighted by Crippen LogP contribution is 2.22. The van der Waals surface area contributed by atoms with E-state index in [2.05, 4.69) is 35.4 Å². The Labute approximate surface area is 106 Å². The average molecular weight is 260 g/mol. The van der Waals surface area contributed by atoms with Crippen LogP contribution in [0.25, 0.3) is 0 Å². The van der Waals surface area contributed by atoms with Crippen LogP contribution in [0.1, 0.15) is 31.2 Å². The fraction of sp³-hybridized carbons (Fsp3) is 0.636. The van der Waals surface area contributed by atoms with Crippen molar-refractivity contribution >= 4 is 29.2 Å². The molecule has 0 atom stereocenters. The summed E-state index contributed by atoms with van der Waals surface area (Å²) < 4.78 is 0. The molecule has 0 aliphatic rings. The SMILES string of the molecule is CSCCNc1nc(C(C)C)nc(Cl)c1C. The third kappa shape index (κ3) is 3.52. The molecule has 0 aliphatic carbocycles. The molecule has 1 N–H and O–H groups in total. The molecule has 90 valence electrons. The first-order valence-corrected chi connectivity index (χ1v) is 7.10. The number of nitrogens with zero attached hydrogens (tertiary/aromatic N) is 2. The van der Waals surface area contributed by atoms with Crippen LogP contribution in [-0.2, 0) is 0 Å². The molecule has 1 rings (SSSR count). The van der Waals surface area contributed by atoms with Gasteiger partial charge in [-0.2, -0.15) is 11.8 Å². The highest BCUT2D eigenvalue weighted by Gasteiger charge is 2.11. The second-order valence-corrected chi connectivity index (χ2v) is 5.26. The molecule has 16 heavy (non-hydrogen) atoms.